The number of hydrogen-bond acceptors (Lipinski definition) is 2. The van der Waals surface area contributed by atoms with Crippen LogP contribution in [0.2, 0.25) is 0 Å². The van der Waals surface area contributed by atoms with Crippen LogP contribution in [0.25, 0.3) is 0 Å². The number of aryl methyl sites for hydroxylation is 2. The maximum absolute atomic E-state index is 12.5. The van der Waals surface area contributed by atoms with Crippen LogP contribution in [0.3, 0.4) is 0 Å². The SMILES string of the molecule is Cc1ccccc1NC(=O)C(C)(C)C(=O)NCCCc1ccccc1. The van der Waals surface area contributed by atoms with Crippen LogP contribution in [0.5, 0.6) is 0 Å². The Morgan fingerprint density at radius 3 is 2.24 bits per heavy atom. The topological polar surface area (TPSA) is 58.2 Å². The third kappa shape index (κ3) is 5.18. The van der Waals surface area contributed by atoms with Gasteiger partial charge in [0, 0.05) is 12.2 Å². The largest absolute Gasteiger partial charge is 0.355 e. The average Bonchev–Trinajstić information content (AvgIpc) is 2.61. The van der Waals surface area contributed by atoms with E-state index in [1.54, 1.807) is 13.8 Å². The summed E-state index contributed by atoms with van der Waals surface area (Å²) >= 11 is 0. The summed E-state index contributed by atoms with van der Waals surface area (Å²) in [5.41, 5.74) is 1.82. The first-order valence-electron chi connectivity index (χ1n) is 8.60. The van der Waals surface area contributed by atoms with Crippen molar-refractivity contribution in [3.8, 4) is 0 Å². The fourth-order valence-electron chi connectivity index (χ4n) is 2.45. The van der Waals surface area contributed by atoms with Gasteiger partial charge in [-0.25, -0.2) is 0 Å². The Morgan fingerprint density at radius 1 is 0.920 bits per heavy atom. The Hall–Kier alpha value is -2.62. The molecule has 0 aliphatic carbocycles. The highest BCUT2D eigenvalue weighted by molar-refractivity contribution is 6.10. The molecule has 0 aromatic heterocycles. The lowest BCUT2D eigenvalue weighted by molar-refractivity contribution is -0.138. The van der Waals surface area contributed by atoms with E-state index >= 15 is 0 Å². The van der Waals surface area contributed by atoms with E-state index in [9.17, 15) is 9.59 Å². The molecule has 0 aliphatic rings. The van der Waals surface area contributed by atoms with Crippen LogP contribution in [0.4, 0.5) is 5.69 Å². The average molecular weight is 338 g/mol. The minimum Gasteiger partial charge on any atom is -0.355 e. The predicted octanol–water partition coefficient (Wildman–Crippen LogP) is 3.71. The number of hydrogen-bond donors (Lipinski definition) is 2. The zero-order valence-corrected chi connectivity index (χ0v) is 15.1. The molecule has 0 spiro atoms. The highest BCUT2D eigenvalue weighted by atomic mass is 16.2. The monoisotopic (exact) mass is 338 g/mol. The van der Waals surface area contributed by atoms with Gasteiger partial charge in [0.05, 0.1) is 0 Å². The summed E-state index contributed by atoms with van der Waals surface area (Å²) in [6.45, 7) is 5.77. The van der Waals surface area contributed by atoms with Crippen molar-refractivity contribution in [3.63, 3.8) is 0 Å². The number of anilines is 1. The number of carbonyl (C=O) groups excluding carboxylic acids is 2. The molecule has 0 atom stereocenters. The summed E-state index contributed by atoms with van der Waals surface area (Å²) in [4.78, 5) is 24.9. The number of nitrogens with one attached hydrogen (secondary N) is 2. The van der Waals surface area contributed by atoms with Gasteiger partial charge in [-0.05, 0) is 50.8 Å². The van der Waals surface area contributed by atoms with Crippen molar-refractivity contribution >= 4 is 17.5 Å². The van der Waals surface area contributed by atoms with Gasteiger partial charge >= 0.3 is 0 Å². The zero-order valence-electron chi connectivity index (χ0n) is 15.1. The van der Waals surface area contributed by atoms with Crippen molar-refractivity contribution in [2.45, 2.75) is 33.6 Å². The molecule has 2 N–H and O–H groups in total. The normalized spacial score (nSPS) is 11.0. The van der Waals surface area contributed by atoms with Gasteiger partial charge in [-0.3, -0.25) is 9.59 Å². The maximum Gasteiger partial charge on any atom is 0.239 e. The van der Waals surface area contributed by atoms with Gasteiger partial charge in [0.15, 0.2) is 0 Å². The van der Waals surface area contributed by atoms with Gasteiger partial charge in [0.25, 0.3) is 0 Å². The standard InChI is InChI=1S/C21H26N2O2/c1-16-10-7-8-14-18(16)23-20(25)21(2,3)19(24)22-15-9-13-17-11-5-4-6-12-17/h4-8,10-12,14H,9,13,15H2,1-3H3,(H,22,24)(H,23,25). The van der Waals surface area contributed by atoms with E-state index < -0.39 is 5.41 Å². The molecule has 2 aromatic rings. The molecule has 4 heteroatoms. The summed E-state index contributed by atoms with van der Waals surface area (Å²) < 4.78 is 0. The highest BCUT2D eigenvalue weighted by Crippen LogP contribution is 2.21. The molecule has 4 nitrogen and oxygen atoms in total. The molecule has 0 radical (unpaired) electrons. The molecule has 2 aromatic carbocycles. The summed E-state index contributed by atoms with van der Waals surface area (Å²) in [5, 5.41) is 5.72. The van der Waals surface area contributed by atoms with E-state index in [0.29, 0.717) is 6.54 Å². The Kier molecular flexibility index (Phi) is 6.34. The second-order valence-corrected chi connectivity index (χ2v) is 6.74. The molecule has 0 unspecified atom stereocenters. The molecule has 0 aliphatic heterocycles. The summed E-state index contributed by atoms with van der Waals surface area (Å²) in [5.74, 6) is -0.561. The molecule has 0 saturated heterocycles. The van der Waals surface area contributed by atoms with Gasteiger partial charge in [0.1, 0.15) is 5.41 Å². The van der Waals surface area contributed by atoms with Crippen molar-refractivity contribution in [3.05, 3.63) is 65.7 Å². The number of carbonyl (C=O) groups is 2. The van der Waals surface area contributed by atoms with E-state index in [1.807, 2.05) is 49.4 Å². The summed E-state index contributed by atoms with van der Waals surface area (Å²) in [6, 6.07) is 17.7. The van der Waals surface area contributed by atoms with E-state index in [0.717, 1.165) is 24.1 Å². The quantitative estimate of drug-likeness (QED) is 0.597. The van der Waals surface area contributed by atoms with E-state index in [-0.39, 0.29) is 11.8 Å². The van der Waals surface area contributed by atoms with Crippen molar-refractivity contribution in [2.24, 2.45) is 5.41 Å². The second-order valence-electron chi connectivity index (χ2n) is 6.74. The van der Waals surface area contributed by atoms with Gasteiger partial charge in [-0.15, -0.1) is 0 Å². The lowest BCUT2D eigenvalue weighted by Crippen LogP contribution is -2.45. The van der Waals surface area contributed by atoms with Crippen molar-refractivity contribution in [1.29, 1.82) is 0 Å². The van der Waals surface area contributed by atoms with Gasteiger partial charge < -0.3 is 10.6 Å². The minimum absolute atomic E-state index is 0.258. The fraction of sp³-hybridized carbons (Fsp3) is 0.333. The Morgan fingerprint density at radius 2 is 1.56 bits per heavy atom. The molecule has 2 rings (SSSR count). The van der Waals surface area contributed by atoms with Crippen LogP contribution in [-0.2, 0) is 16.0 Å². The molecular weight excluding hydrogens is 312 g/mol. The Balaban J connectivity index is 1.84. The highest BCUT2D eigenvalue weighted by Gasteiger charge is 2.35. The number of rotatable bonds is 7. The van der Waals surface area contributed by atoms with Crippen LogP contribution in [-0.4, -0.2) is 18.4 Å². The first kappa shape index (κ1) is 18.7. The van der Waals surface area contributed by atoms with Crippen LogP contribution in [0, 0.1) is 12.3 Å². The summed E-state index contributed by atoms with van der Waals surface area (Å²) in [7, 11) is 0. The molecule has 0 heterocycles. The lowest BCUT2D eigenvalue weighted by atomic mass is 9.90. The van der Waals surface area contributed by atoms with Gasteiger partial charge in [0.2, 0.25) is 11.8 Å². The Labute approximate surface area is 149 Å². The van der Waals surface area contributed by atoms with Crippen molar-refractivity contribution in [2.75, 3.05) is 11.9 Å². The number of benzene rings is 2. The zero-order chi connectivity index (χ0) is 18.3. The molecule has 132 valence electrons. The predicted molar refractivity (Wildman–Crippen MR) is 101 cm³/mol. The smallest absolute Gasteiger partial charge is 0.239 e. The van der Waals surface area contributed by atoms with E-state index in [1.165, 1.54) is 5.56 Å². The first-order valence-corrected chi connectivity index (χ1v) is 8.60. The van der Waals surface area contributed by atoms with E-state index in [2.05, 4.69) is 22.8 Å². The van der Waals surface area contributed by atoms with Crippen LogP contribution < -0.4 is 10.6 Å². The number of amides is 2. The van der Waals surface area contributed by atoms with Crippen LogP contribution in [0.1, 0.15) is 31.4 Å². The summed E-state index contributed by atoms with van der Waals surface area (Å²) in [6.07, 6.45) is 1.74. The molecule has 0 fully saturated rings. The Bertz CT molecular complexity index is 724. The van der Waals surface area contributed by atoms with Crippen LogP contribution in [0.15, 0.2) is 54.6 Å². The molecule has 0 saturated carbocycles. The first-order chi connectivity index (χ1) is 11.9. The molecular formula is C21H26N2O2. The maximum atomic E-state index is 12.5. The molecule has 25 heavy (non-hydrogen) atoms. The lowest BCUT2D eigenvalue weighted by Gasteiger charge is -2.23. The van der Waals surface area contributed by atoms with Crippen molar-refractivity contribution in [1.82, 2.24) is 5.32 Å². The third-order valence-corrected chi connectivity index (χ3v) is 4.30. The second kappa shape index (κ2) is 8.47. The molecule has 0 bridgehead atoms. The van der Waals surface area contributed by atoms with Crippen LogP contribution >= 0.6 is 0 Å². The molecule has 2 amide bonds. The van der Waals surface area contributed by atoms with E-state index in [4.69, 9.17) is 0 Å². The van der Waals surface area contributed by atoms with Crippen molar-refractivity contribution < 1.29 is 9.59 Å². The number of para-hydroxylation sites is 1. The van der Waals surface area contributed by atoms with Gasteiger partial charge in [-0.1, -0.05) is 48.5 Å². The fourth-order valence-corrected chi connectivity index (χ4v) is 2.45. The minimum atomic E-state index is -1.13. The van der Waals surface area contributed by atoms with Gasteiger partial charge in [-0.2, -0.15) is 0 Å². The third-order valence-electron chi connectivity index (χ3n) is 4.30.